The molecule has 1 N–H and O–H groups in total. The fourth-order valence-corrected chi connectivity index (χ4v) is 5.03. The number of hydrogen-bond donors (Lipinski definition) is 1. The van der Waals surface area contributed by atoms with Crippen molar-refractivity contribution in [2.75, 3.05) is 38.3 Å². The number of benzene rings is 1. The zero-order valence-electron chi connectivity index (χ0n) is 16.2. The highest BCUT2D eigenvalue weighted by atomic mass is 35.5. The Hall–Kier alpha value is -1.93. The van der Waals surface area contributed by atoms with E-state index >= 15 is 0 Å². The van der Waals surface area contributed by atoms with Gasteiger partial charge >= 0.3 is 5.97 Å². The molecule has 2 aromatic rings. The summed E-state index contributed by atoms with van der Waals surface area (Å²) in [6, 6.07) is 9.16. The fourth-order valence-electron chi connectivity index (χ4n) is 4.06. The standard InChI is InChI=1S/C21H23ClN2O4S/c1-23-9-6-14-2-3-16(12-15(14)7-10-23)24(19(25)17-4-5-18(22)29-17)21(20(26)27)8-11-28-13-21/h2-5,12H,6-11,13H2,1H3,(H,26,27)/t21-/m0/s1. The van der Waals surface area contributed by atoms with Crippen molar-refractivity contribution in [2.45, 2.75) is 24.8 Å². The van der Waals surface area contributed by atoms with E-state index in [2.05, 4.69) is 11.9 Å². The van der Waals surface area contributed by atoms with Crippen LogP contribution in [0.25, 0.3) is 0 Å². The molecule has 1 atom stereocenters. The van der Waals surface area contributed by atoms with Crippen molar-refractivity contribution in [3.8, 4) is 0 Å². The summed E-state index contributed by atoms with van der Waals surface area (Å²) in [5.41, 5.74) is 1.57. The Morgan fingerprint density at radius 2 is 1.97 bits per heavy atom. The minimum Gasteiger partial charge on any atom is -0.479 e. The average molecular weight is 435 g/mol. The highest BCUT2D eigenvalue weighted by Crippen LogP contribution is 2.36. The summed E-state index contributed by atoms with van der Waals surface area (Å²) < 4.78 is 5.95. The van der Waals surface area contributed by atoms with E-state index in [4.69, 9.17) is 16.3 Å². The SMILES string of the molecule is CN1CCc2ccc(N(C(=O)c3ccc(Cl)s3)[C@@]3(C(=O)O)CCOC3)cc2CC1. The molecule has 4 rings (SSSR count). The smallest absolute Gasteiger partial charge is 0.332 e. The first-order chi connectivity index (χ1) is 13.9. The van der Waals surface area contributed by atoms with E-state index < -0.39 is 11.5 Å². The number of amides is 1. The van der Waals surface area contributed by atoms with Crippen LogP contribution < -0.4 is 4.90 Å². The van der Waals surface area contributed by atoms with Gasteiger partial charge in [0.15, 0.2) is 5.54 Å². The number of ether oxygens (including phenoxy) is 1. The van der Waals surface area contributed by atoms with Gasteiger partial charge in [0.1, 0.15) is 0 Å². The molecule has 8 heteroatoms. The van der Waals surface area contributed by atoms with Crippen LogP contribution in [0.3, 0.4) is 0 Å². The van der Waals surface area contributed by atoms with Crippen molar-refractivity contribution in [3.05, 3.63) is 50.7 Å². The molecule has 0 unspecified atom stereocenters. The molecule has 0 saturated carbocycles. The van der Waals surface area contributed by atoms with Crippen molar-refractivity contribution < 1.29 is 19.4 Å². The second-order valence-corrected chi connectivity index (χ2v) is 9.36. The molecule has 1 amide bonds. The van der Waals surface area contributed by atoms with Crippen LogP contribution in [-0.4, -0.2) is 60.8 Å². The third kappa shape index (κ3) is 3.80. The molecular weight excluding hydrogens is 412 g/mol. The lowest BCUT2D eigenvalue weighted by Crippen LogP contribution is -2.58. The molecule has 6 nitrogen and oxygen atoms in total. The molecule has 1 fully saturated rings. The quantitative estimate of drug-likeness (QED) is 0.799. The maximum absolute atomic E-state index is 13.5. The van der Waals surface area contributed by atoms with Crippen LogP contribution in [0.1, 0.15) is 27.2 Å². The number of carbonyl (C=O) groups excluding carboxylic acids is 1. The third-order valence-electron chi connectivity index (χ3n) is 5.79. The van der Waals surface area contributed by atoms with E-state index in [-0.39, 0.29) is 18.9 Å². The summed E-state index contributed by atoms with van der Waals surface area (Å²) in [5.74, 6) is -1.42. The number of carbonyl (C=O) groups is 2. The van der Waals surface area contributed by atoms with Gasteiger partial charge in [0.25, 0.3) is 5.91 Å². The topological polar surface area (TPSA) is 70.1 Å². The molecule has 0 bridgehead atoms. The zero-order valence-corrected chi connectivity index (χ0v) is 17.8. The molecule has 3 heterocycles. The number of thiophene rings is 1. The minimum absolute atomic E-state index is 0.0347. The van der Waals surface area contributed by atoms with E-state index in [1.807, 2.05) is 18.2 Å². The summed E-state index contributed by atoms with van der Waals surface area (Å²) in [5, 5.41) is 10.1. The molecule has 154 valence electrons. The van der Waals surface area contributed by atoms with Gasteiger partial charge in [-0.25, -0.2) is 4.79 Å². The van der Waals surface area contributed by atoms with Gasteiger partial charge in [0, 0.05) is 31.8 Å². The lowest BCUT2D eigenvalue weighted by atomic mass is 9.93. The van der Waals surface area contributed by atoms with Gasteiger partial charge in [-0.05, 0) is 55.3 Å². The van der Waals surface area contributed by atoms with E-state index in [9.17, 15) is 14.7 Å². The summed E-state index contributed by atoms with van der Waals surface area (Å²) >= 11 is 7.20. The van der Waals surface area contributed by atoms with Crippen molar-refractivity contribution in [2.24, 2.45) is 0 Å². The van der Waals surface area contributed by atoms with Crippen LogP contribution in [0.15, 0.2) is 30.3 Å². The van der Waals surface area contributed by atoms with Gasteiger partial charge in [-0.2, -0.15) is 0 Å². The second-order valence-electron chi connectivity index (χ2n) is 7.64. The number of anilines is 1. The number of carboxylic acid groups (broad SMARTS) is 1. The molecule has 2 aliphatic heterocycles. The largest absolute Gasteiger partial charge is 0.479 e. The predicted molar refractivity (Wildman–Crippen MR) is 113 cm³/mol. The van der Waals surface area contributed by atoms with Crippen LogP contribution in [0.2, 0.25) is 4.34 Å². The Labute approximate surface area is 178 Å². The minimum atomic E-state index is -1.43. The van der Waals surface area contributed by atoms with Gasteiger partial charge in [-0.3, -0.25) is 9.69 Å². The van der Waals surface area contributed by atoms with Crippen molar-refractivity contribution in [1.29, 1.82) is 0 Å². The van der Waals surface area contributed by atoms with Crippen LogP contribution >= 0.6 is 22.9 Å². The summed E-state index contributed by atoms with van der Waals surface area (Å²) in [7, 11) is 2.10. The summed E-state index contributed by atoms with van der Waals surface area (Å²) in [6.45, 7) is 2.18. The highest BCUT2D eigenvalue weighted by molar-refractivity contribution is 7.18. The molecule has 1 aromatic heterocycles. The van der Waals surface area contributed by atoms with Gasteiger partial charge in [0.2, 0.25) is 0 Å². The molecule has 0 aliphatic carbocycles. The van der Waals surface area contributed by atoms with E-state index in [1.165, 1.54) is 10.5 Å². The number of fused-ring (bicyclic) bond motifs is 1. The van der Waals surface area contributed by atoms with Crippen LogP contribution in [0, 0.1) is 0 Å². The van der Waals surface area contributed by atoms with Crippen molar-refractivity contribution >= 4 is 40.5 Å². The first-order valence-electron chi connectivity index (χ1n) is 9.62. The number of nitrogens with zero attached hydrogens (tertiary/aromatic N) is 2. The van der Waals surface area contributed by atoms with Crippen LogP contribution in [-0.2, 0) is 22.4 Å². The van der Waals surface area contributed by atoms with Crippen LogP contribution in [0.5, 0.6) is 0 Å². The number of carboxylic acids is 1. The normalized spacial score (nSPS) is 22.1. The molecule has 2 aliphatic rings. The van der Waals surface area contributed by atoms with Gasteiger partial charge in [-0.15, -0.1) is 11.3 Å². The fraction of sp³-hybridized carbons (Fsp3) is 0.429. The molecule has 29 heavy (non-hydrogen) atoms. The first kappa shape index (κ1) is 20.3. The van der Waals surface area contributed by atoms with Crippen molar-refractivity contribution in [3.63, 3.8) is 0 Å². The number of hydrogen-bond acceptors (Lipinski definition) is 5. The zero-order chi connectivity index (χ0) is 20.6. The average Bonchev–Trinajstić information content (AvgIpc) is 3.31. The molecule has 0 radical (unpaired) electrons. The lowest BCUT2D eigenvalue weighted by molar-refractivity contribution is -0.143. The van der Waals surface area contributed by atoms with E-state index in [0.717, 1.165) is 42.8 Å². The Morgan fingerprint density at radius 3 is 2.59 bits per heavy atom. The van der Waals surface area contributed by atoms with Crippen molar-refractivity contribution in [1.82, 2.24) is 4.90 Å². The molecule has 1 aromatic carbocycles. The molecular formula is C21H23ClN2O4S. The lowest BCUT2D eigenvalue weighted by Gasteiger charge is -2.36. The monoisotopic (exact) mass is 434 g/mol. The van der Waals surface area contributed by atoms with Crippen LogP contribution in [0.4, 0.5) is 5.69 Å². The van der Waals surface area contributed by atoms with E-state index in [1.54, 1.807) is 12.1 Å². The first-order valence-corrected chi connectivity index (χ1v) is 10.8. The Bertz CT molecular complexity index is 939. The Morgan fingerprint density at radius 1 is 1.21 bits per heavy atom. The van der Waals surface area contributed by atoms with Gasteiger partial charge < -0.3 is 14.7 Å². The molecule has 0 spiro atoms. The number of likely N-dealkylation sites (N-methyl/N-ethyl adjacent to an activating group) is 1. The Kier molecular flexibility index (Phi) is 5.66. The summed E-state index contributed by atoms with van der Waals surface area (Å²) in [6.07, 6.45) is 2.05. The molecule has 1 saturated heterocycles. The number of halogens is 1. The van der Waals surface area contributed by atoms with Gasteiger partial charge in [0.05, 0.1) is 15.8 Å². The highest BCUT2D eigenvalue weighted by Gasteiger charge is 2.51. The maximum atomic E-state index is 13.5. The van der Waals surface area contributed by atoms with E-state index in [0.29, 0.717) is 21.5 Å². The predicted octanol–water partition coefficient (Wildman–Crippen LogP) is 3.32. The number of aliphatic carboxylic acids is 1. The van der Waals surface area contributed by atoms with Gasteiger partial charge in [-0.1, -0.05) is 17.7 Å². The Balaban J connectivity index is 1.81. The maximum Gasteiger partial charge on any atom is 0.332 e. The third-order valence-corrected chi connectivity index (χ3v) is 7.01. The summed E-state index contributed by atoms with van der Waals surface area (Å²) in [4.78, 5) is 30.0. The second kappa shape index (κ2) is 8.07. The number of rotatable bonds is 4.